The number of H-pyrrole nitrogens is 1. The van der Waals surface area contributed by atoms with Gasteiger partial charge in [-0.15, -0.1) is 0 Å². The summed E-state index contributed by atoms with van der Waals surface area (Å²) in [7, 11) is -3.61. The number of aromatic nitrogens is 1. The van der Waals surface area contributed by atoms with E-state index >= 15 is 0 Å². The highest BCUT2D eigenvalue weighted by atomic mass is 32.2. The maximum atomic E-state index is 12.4. The number of fused-ring (bicyclic) bond motifs is 1. The Morgan fingerprint density at radius 1 is 1.39 bits per heavy atom. The molecule has 0 spiro atoms. The molecule has 3 rings (SSSR count). The highest BCUT2D eigenvalue weighted by Gasteiger charge is 2.30. The van der Waals surface area contributed by atoms with Gasteiger partial charge in [0.25, 0.3) is 10.0 Å². The van der Waals surface area contributed by atoms with Gasteiger partial charge in [-0.3, -0.25) is 4.84 Å². The molecular formula is C11H13N3O3S. The summed E-state index contributed by atoms with van der Waals surface area (Å²) in [5.41, 5.74) is 6.96. The number of benzene rings is 1. The van der Waals surface area contributed by atoms with Gasteiger partial charge < -0.3 is 10.7 Å². The molecule has 3 N–H and O–H groups in total. The zero-order valence-electron chi connectivity index (χ0n) is 9.59. The predicted molar refractivity (Wildman–Crippen MR) is 67.2 cm³/mol. The number of nitrogens with one attached hydrogen (secondary N) is 1. The number of nitrogens with two attached hydrogens (primary N) is 1. The molecule has 0 saturated carbocycles. The van der Waals surface area contributed by atoms with Crippen LogP contribution in [-0.4, -0.2) is 31.0 Å². The third kappa shape index (κ3) is 1.67. The van der Waals surface area contributed by atoms with Crippen molar-refractivity contribution in [2.75, 3.05) is 18.9 Å². The maximum absolute atomic E-state index is 12.4. The number of rotatable bonds is 2. The lowest BCUT2D eigenvalue weighted by atomic mass is 10.2. The Kier molecular flexibility index (Phi) is 2.54. The highest BCUT2D eigenvalue weighted by molar-refractivity contribution is 7.89. The van der Waals surface area contributed by atoms with Gasteiger partial charge in [0.2, 0.25) is 0 Å². The van der Waals surface area contributed by atoms with Crippen LogP contribution in [0.25, 0.3) is 10.9 Å². The van der Waals surface area contributed by atoms with Gasteiger partial charge in [-0.2, -0.15) is 0 Å². The molecule has 1 aromatic carbocycles. The van der Waals surface area contributed by atoms with E-state index in [9.17, 15) is 8.42 Å². The fourth-order valence-electron chi connectivity index (χ4n) is 2.05. The lowest BCUT2D eigenvalue weighted by Crippen LogP contribution is -2.26. The van der Waals surface area contributed by atoms with Gasteiger partial charge in [0, 0.05) is 29.3 Å². The van der Waals surface area contributed by atoms with E-state index in [0.29, 0.717) is 30.6 Å². The maximum Gasteiger partial charge on any atom is 0.267 e. The largest absolute Gasteiger partial charge is 0.399 e. The molecule has 2 aromatic rings. The topological polar surface area (TPSA) is 88.4 Å². The lowest BCUT2D eigenvalue weighted by Gasteiger charge is -2.13. The van der Waals surface area contributed by atoms with E-state index in [-0.39, 0.29) is 4.90 Å². The number of hydrogen-bond acceptors (Lipinski definition) is 4. The minimum Gasteiger partial charge on any atom is -0.399 e. The minimum absolute atomic E-state index is 0.201. The number of aromatic amines is 1. The number of nitrogens with zero attached hydrogens (tertiary/aromatic N) is 1. The van der Waals surface area contributed by atoms with Crippen LogP contribution < -0.4 is 5.73 Å². The predicted octanol–water partition coefficient (Wildman–Crippen LogP) is 1.08. The Labute approximate surface area is 104 Å². The van der Waals surface area contributed by atoms with Crippen LogP contribution in [0.15, 0.2) is 29.3 Å². The van der Waals surface area contributed by atoms with Crippen LogP contribution in [0.5, 0.6) is 0 Å². The molecule has 18 heavy (non-hydrogen) atoms. The van der Waals surface area contributed by atoms with Crippen LogP contribution >= 0.6 is 0 Å². The fraction of sp³-hybridized carbons (Fsp3) is 0.273. The smallest absolute Gasteiger partial charge is 0.267 e. The normalized spacial score (nSPS) is 17.6. The van der Waals surface area contributed by atoms with Crippen LogP contribution in [-0.2, 0) is 14.9 Å². The van der Waals surface area contributed by atoms with Crippen molar-refractivity contribution >= 4 is 26.6 Å². The Hall–Kier alpha value is -1.57. The second-order valence-electron chi connectivity index (χ2n) is 4.18. The van der Waals surface area contributed by atoms with Crippen molar-refractivity contribution in [3.63, 3.8) is 0 Å². The Morgan fingerprint density at radius 2 is 2.22 bits per heavy atom. The second-order valence-corrected chi connectivity index (χ2v) is 5.97. The monoisotopic (exact) mass is 267 g/mol. The molecule has 7 heteroatoms. The third-order valence-corrected chi connectivity index (χ3v) is 4.65. The number of hydrogen-bond donors (Lipinski definition) is 2. The molecule has 1 aliphatic heterocycles. The summed E-state index contributed by atoms with van der Waals surface area (Å²) in [6, 6.07) is 5.13. The average molecular weight is 267 g/mol. The number of anilines is 1. The van der Waals surface area contributed by atoms with Gasteiger partial charge in [0.15, 0.2) is 0 Å². The Balaban J connectivity index is 2.16. The molecule has 2 heterocycles. The summed E-state index contributed by atoms with van der Waals surface area (Å²) in [5, 5.41) is 0.588. The Morgan fingerprint density at radius 3 is 2.94 bits per heavy atom. The van der Waals surface area contributed by atoms with E-state index in [1.165, 1.54) is 6.20 Å². The SMILES string of the molecule is Nc1ccc2[nH]cc(S(=O)(=O)N3CCCO3)c2c1. The van der Waals surface area contributed by atoms with Gasteiger partial charge in [0.1, 0.15) is 4.90 Å². The first-order chi connectivity index (χ1) is 8.59. The lowest BCUT2D eigenvalue weighted by molar-refractivity contribution is -0.0283. The summed E-state index contributed by atoms with van der Waals surface area (Å²) in [4.78, 5) is 8.25. The molecule has 0 radical (unpaired) electrons. The molecule has 96 valence electrons. The third-order valence-electron chi connectivity index (χ3n) is 2.93. The quantitative estimate of drug-likeness (QED) is 0.797. The first-order valence-corrected chi connectivity index (χ1v) is 7.05. The fourth-order valence-corrected chi connectivity index (χ4v) is 3.51. The number of sulfonamides is 1. The van der Waals surface area contributed by atoms with Crippen LogP contribution in [0.1, 0.15) is 6.42 Å². The van der Waals surface area contributed by atoms with Crippen molar-refractivity contribution in [2.45, 2.75) is 11.3 Å². The van der Waals surface area contributed by atoms with Gasteiger partial charge in [-0.1, -0.05) is 4.47 Å². The molecule has 1 aliphatic rings. The summed E-state index contributed by atoms with van der Waals surface area (Å²) in [5.74, 6) is 0. The van der Waals surface area contributed by atoms with E-state index in [1.54, 1.807) is 18.2 Å². The van der Waals surface area contributed by atoms with Crippen molar-refractivity contribution < 1.29 is 13.3 Å². The summed E-state index contributed by atoms with van der Waals surface area (Å²) in [6.45, 7) is 0.820. The average Bonchev–Trinajstić information content (AvgIpc) is 2.97. The molecule has 1 fully saturated rings. The first kappa shape index (κ1) is 11.5. The second kappa shape index (κ2) is 3.98. The van der Waals surface area contributed by atoms with E-state index < -0.39 is 10.0 Å². The van der Waals surface area contributed by atoms with Crippen molar-refractivity contribution in [1.29, 1.82) is 0 Å². The number of hydroxylamine groups is 1. The Bertz CT molecular complexity index is 687. The highest BCUT2D eigenvalue weighted by Crippen LogP contribution is 2.28. The van der Waals surface area contributed by atoms with Gasteiger partial charge in [-0.05, 0) is 24.6 Å². The number of nitrogen functional groups attached to an aromatic ring is 1. The molecule has 0 aliphatic carbocycles. The van der Waals surface area contributed by atoms with Crippen LogP contribution in [0.3, 0.4) is 0 Å². The summed E-state index contributed by atoms with van der Waals surface area (Å²) >= 11 is 0. The minimum atomic E-state index is -3.61. The molecule has 0 atom stereocenters. The van der Waals surface area contributed by atoms with Crippen molar-refractivity contribution in [3.8, 4) is 0 Å². The molecule has 0 amide bonds. The van der Waals surface area contributed by atoms with Crippen molar-refractivity contribution in [3.05, 3.63) is 24.4 Å². The van der Waals surface area contributed by atoms with Crippen molar-refractivity contribution in [2.24, 2.45) is 0 Å². The van der Waals surface area contributed by atoms with Crippen LogP contribution in [0, 0.1) is 0 Å². The molecule has 0 bridgehead atoms. The van der Waals surface area contributed by atoms with Gasteiger partial charge in [-0.25, -0.2) is 8.42 Å². The molecule has 1 aromatic heterocycles. The van der Waals surface area contributed by atoms with Gasteiger partial charge in [0.05, 0.1) is 6.61 Å². The summed E-state index contributed by atoms with van der Waals surface area (Å²) < 4.78 is 25.8. The van der Waals surface area contributed by atoms with Crippen LogP contribution in [0.2, 0.25) is 0 Å². The zero-order valence-corrected chi connectivity index (χ0v) is 10.4. The molecule has 0 unspecified atom stereocenters. The summed E-state index contributed by atoms with van der Waals surface area (Å²) in [6.07, 6.45) is 2.19. The van der Waals surface area contributed by atoms with Crippen molar-refractivity contribution in [1.82, 2.24) is 9.45 Å². The zero-order chi connectivity index (χ0) is 12.8. The molecular weight excluding hydrogens is 254 g/mol. The van der Waals surface area contributed by atoms with E-state index in [4.69, 9.17) is 10.6 Å². The molecule has 6 nitrogen and oxygen atoms in total. The van der Waals surface area contributed by atoms with E-state index in [1.807, 2.05) is 0 Å². The van der Waals surface area contributed by atoms with E-state index in [2.05, 4.69) is 4.98 Å². The van der Waals surface area contributed by atoms with Gasteiger partial charge >= 0.3 is 0 Å². The van der Waals surface area contributed by atoms with E-state index in [0.717, 1.165) is 9.99 Å². The van der Waals surface area contributed by atoms with Crippen LogP contribution in [0.4, 0.5) is 5.69 Å². The first-order valence-electron chi connectivity index (χ1n) is 5.61. The molecule has 1 saturated heterocycles. The standard InChI is InChI=1S/C11H13N3O3S/c12-8-2-3-10-9(6-8)11(7-13-10)18(15,16)14-4-1-5-17-14/h2-3,6-7,13H,1,4-5,12H2.